The van der Waals surface area contributed by atoms with Gasteiger partial charge >= 0.3 is 5.16 Å². The minimum absolute atomic E-state index is 0.211. The highest BCUT2D eigenvalue weighted by molar-refractivity contribution is 9.09. The number of hydrogen-bond acceptors (Lipinski definition) is 4. The summed E-state index contributed by atoms with van der Waals surface area (Å²) in [6.45, 7) is 7.36. The van der Waals surface area contributed by atoms with Gasteiger partial charge in [-0.3, -0.25) is 0 Å². The number of halogens is 1. The third-order valence-corrected chi connectivity index (χ3v) is 6.05. The Labute approximate surface area is 129 Å². The van der Waals surface area contributed by atoms with E-state index in [4.69, 9.17) is 9.72 Å². The second-order valence-corrected chi connectivity index (χ2v) is 7.68. The van der Waals surface area contributed by atoms with Crippen LogP contribution in [0.1, 0.15) is 17.4 Å². The molecular weight excluding hydrogens is 344 g/mol. The molecule has 0 saturated heterocycles. The minimum Gasteiger partial charge on any atom is -0.453 e. The summed E-state index contributed by atoms with van der Waals surface area (Å²) >= 11 is 7.07. The molecule has 2 aromatic heterocycles. The molecule has 2 aromatic rings. The van der Waals surface area contributed by atoms with Gasteiger partial charge < -0.3 is 4.74 Å². The standard InChI is InChI=1S/C13H16BrN2OS2/c1-4-18-13-15-11-10(7(2)8(3)19-11)12-16(13)6-9(5-14)17-12/h9H,4-6H2,1-3H3/q+1/t9-/m0/s1. The summed E-state index contributed by atoms with van der Waals surface area (Å²) in [7, 11) is 0. The third-order valence-electron chi connectivity index (χ3n) is 3.36. The highest BCUT2D eigenvalue weighted by atomic mass is 79.9. The largest absolute Gasteiger partial charge is 0.453 e. The lowest BCUT2D eigenvalue weighted by atomic mass is 10.2. The Kier molecular flexibility index (Phi) is 3.75. The monoisotopic (exact) mass is 359 g/mol. The SMILES string of the molecule is CCSc1nc2sc(C)c(C)c2c2[n+]1C[C@H](CBr)O2. The van der Waals surface area contributed by atoms with Gasteiger partial charge in [-0.25, -0.2) is 0 Å². The van der Waals surface area contributed by atoms with Crippen molar-refractivity contribution >= 4 is 49.2 Å². The summed E-state index contributed by atoms with van der Waals surface area (Å²) < 4.78 is 8.36. The number of aromatic nitrogens is 2. The molecule has 0 bridgehead atoms. The van der Waals surface area contributed by atoms with E-state index in [-0.39, 0.29) is 6.10 Å². The smallest absolute Gasteiger partial charge is 0.363 e. The van der Waals surface area contributed by atoms with Crippen LogP contribution in [-0.2, 0) is 6.54 Å². The van der Waals surface area contributed by atoms with Crippen molar-refractivity contribution in [2.45, 2.75) is 38.6 Å². The molecule has 0 saturated carbocycles. The Morgan fingerprint density at radius 2 is 2.32 bits per heavy atom. The first kappa shape index (κ1) is 13.6. The number of nitrogens with zero attached hydrogens (tertiary/aromatic N) is 2. The minimum atomic E-state index is 0.211. The maximum Gasteiger partial charge on any atom is 0.363 e. The van der Waals surface area contributed by atoms with Gasteiger partial charge in [0.05, 0.1) is 0 Å². The van der Waals surface area contributed by atoms with E-state index in [0.29, 0.717) is 0 Å². The molecule has 19 heavy (non-hydrogen) atoms. The summed E-state index contributed by atoms with van der Waals surface area (Å²) in [5.41, 5.74) is 1.31. The Bertz CT molecular complexity index is 641. The van der Waals surface area contributed by atoms with E-state index in [1.54, 1.807) is 23.1 Å². The van der Waals surface area contributed by atoms with Gasteiger partial charge in [-0.05, 0) is 36.2 Å². The van der Waals surface area contributed by atoms with Gasteiger partial charge in [-0.2, -0.15) is 4.57 Å². The summed E-state index contributed by atoms with van der Waals surface area (Å²) in [5.74, 6) is 2.03. The van der Waals surface area contributed by atoms with E-state index in [1.165, 1.54) is 15.8 Å². The van der Waals surface area contributed by atoms with Gasteiger partial charge in [0, 0.05) is 16.0 Å². The summed E-state index contributed by atoms with van der Waals surface area (Å²) in [4.78, 5) is 7.27. The van der Waals surface area contributed by atoms with Crippen molar-refractivity contribution in [1.29, 1.82) is 0 Å². The lowest BCUT2D eigenvalue weighted by Gasteiger charge is -2.01. The molecule has 102 valence electrons. The van der Waals surface area contributed by atoms with E-state index in [0.717, 1.165) is 33.5 Å². The van der Waals surface area contributed by atoms with Crippen LogP contribution in [0.5, 0.6) is 5.88 Å². The summed E-state index contributed by atoms with van der Waals surface area (Å²) in [6, 6.07) is 0. The van der Waals surface area contributed by atoms with Crippen LogP contribution in [-0.4, -0.2) is 22.2 Å². The topological polar surface area (TPSA) is 26.0 Å². The van der Waals surface area contributed by atoms with Crippen molar-refractivity contribution in [3.63, 3.8) is 0 Å². The average molecular weight is 360 g/mol. The molecular formula is C13H16BrN2OS2+. The Morgan fingerprint density at radius 3 is 3.00 bits per heavy atom. The van der Waals surface area contributed by atoms with Gasteiger partial charge in [0.25, 0.3) is 5.88 Å². The molecule has 0 N–H and O–H groups in total. The first-order valence-electron chi connectivity index (χ1n) is 6.34. The van der Waals surface area contributed by atoms with Crippen LogP contribution < -0.4 is 9.30 Å². The van der Waals surface area contributed by atoms with Crippen LogP contribution in [0.2, 0.25) is 0 Å². The van der Waals surface area contributed by atoms with Crippen LogP contribution in [0.25, 0.3) is 10.2 Å². The van der Waals surface area contributed by atoms with Crippen LogP contribution >= 0.6 is 39.0 Å². The fourth-order valence-corrected chi connectivity index (χ4v) is 4.45. The number of thioether (sulfide) groups is 1. The number of aryl methyl sites for hydroxylation is 2. The van der Waals surface area contributed by atoms with Gasteiger partial charge in [-0.15, -0.1) is 0 Å². The number of fused-ring (bicyclic) bond motifs is 3. The van der Waals surface area contributed by atoms with Crippen molar-refractivity contribution in [3.8, 4) is 5.88 Å². The highest BCUT2D eigenvalue weighted by Gasteiger charge is 2.35. The van der Waals surface area contributed by atoms with Gasteiger partial charge in [-0.1, -0.05) is 34.2 Å². The number of alkyl halides is 1. The highest BCUT2D eigenvalue weighted by Crippen LogP contribution is 2.37. The molecule has 3 nitrogen and oxygen atoms in total. The molecule has 3 heterocycles. The zero-order valence-electron chi connectivity index (χ0n) is 11.2. The van der Waals surface area contributed by atoms with Crippen LogP contribution in [0, 0.1) is 13.8 Å². The number of ether oxygens (including phenoxy) is 1. The second kappa shape index (κ2) is 5.22. The maximum atomic E-state index is 6.12. The van der Waals surface area contributed by atoms with Gasteiger partial charge in [0.1, 0.15) is 18.0 Å². The quantitative estimate of drug-likeness (QED) is 0.363. The van der Waals surface area contributed by atoms with E-state index in [9.17, 15) is 0 Å². The molecule has 0 fully saturated rings. The van der Waals surface area contributed by atoms with E-state index < -0.39 is 0 Å². The molecule has 6 heteroatoms. The zero-order chi connectivity index (χ0) is 13.6. The fourth-order valence-electron chi connectivity index (χ4n) is 2.31. The fraction of sp³-hybridized carbons (Fsp3) is 0.538. The molecule has 0 unspecified atom stereocenters. The molecule has 0 aliphatic carbocycles. The average Bonchev–Trinajstić information content (AvgIpc) is 2.92. The first-order valence-corrected chi connectivity index (χ1v) is 9.27. The molecule has 0 aromatic carbocycles. The molecule has 1 aliphatic heterocycles. The lowest BCUT2D eigenvalue weighted by molar-refractivity contribution is -0.721. The number of thiophene rings is 1. The zero-order valence-corrected chi connectivity index (χ0v) is 14.4. The maximum absolute atomic E-state index is 6.12. The Morgan fingerprint density at radius 1 is 1.53 bits per heavy atom. The molecule has 0 amide bonds. The Balaban J connectivity index is 2.25. The molecule has 3 rings (SSSR count). The number of hydrogen-bond donors (Lipinski definition) is 0. The molecule has 1 aliphatic rings. The van der Waals surface area contributed by atoms with Gasteiger partial charge in [0.15, 0.2) is 0 Å². The van der Waals surface area contributed by atoms with Crippen LogP contribution in [0.15, 0.2) is 5.16 Å². The van der Waals surface area contributed by atoms with Gasteiger partial charge in [0.2, 0.25) is 4.83 Å². The second-order valence-electron chi connectivity index (χ2n) is 4.60. The molecule has 1 atom stereocenters. The Hall–Kier alpha value is -0.330. The van der Waals surface area contributed by atoms with E-state index >= 15 is 0 Å². The van der Waals surface area contributed by atoms with Crippen LogP contribution in [0.4, 0.5) is 0 Å². The predicted octanol–water partition coefficient (Wildman–Crippen LogP) is 3.47. The summed E-state index contributed by atoms with van der Waals surface area (Å²) in [6.07, 6.45) is 0.211. The lowest BCUT2D eigenvalue weighted by Crippen LogP contribution is -2.36. The first-order chi connectivity index (χ1) is 9.15. The number of rotatable bonds is 3. The third kappa shape index (κ3) is 2.17. The van der Waals surface area contributed by atoms with Crippen LogP contribution in [0.3, 0.4) is 0 Å². The van der Waals surface area contributed by atoms with Crippen molar-refractivity contribution in [3.05, 3.63) is 10.4 Å². The van der Waals surface area contributed by atoms with Crippen molar-refractivity contribution < 1.29 is 9.30 Å². The van der Waals surface area contributed by atoms with E-state index in [1.807, 2.05) is 0 Å². The summed E-state index contributed by atoms with van der Waals surface area (Å²) in [5, 5.41) is 3.13. The van der Waals surface area contributed by atoms with E-state index in [2.05, 4.69) is 41.3 Å². The predicted molar refractivity (Wildman–Crippen MR) is 83.9 cm³/mol. The van der Waals surface area contributed by atoms with Crippen molar-refractivity contribution in [2.24, 2.45) is 0 Å². The van der Waals surface area contributed by atoms with Crippen molar-refractivity contribution in [1.82, 2.24) is 4.98 Å². The normalized spacial score (nSPS) is 17.8. The molecule has 0 spiro atoms. The molecule has 0 radical (unpaired) electrons. The van der Waals surface area contributed by atoms with Crippen molar-refractivity contribution in [2.75, 3.05) is 11.1 Å².